The molecule has 1 aromatic heterocycles. The molecule has 0 radical (unpaired) electrons. The van der Waals surface area contributed by atoms with Gasteiger partial charge in [0.25, 0.3) is 0 Å². The van der Waals surface area contributed by atoms with E-state index in [1.165, 1.54) is 23.5 Å². The number of amides is 3. The summed E-state index contributed by atoms with van der Waals surface area (Å²) in [7, 11) is 0. The van der Waals surface area contributed by atoms with Crippen LogP contribution in [0.4, 0.5) is 20.0 Å². The minimum Gasteiger partial charge on any atom is -0.326 e. The van der Waals surface area contributed by atoms with E-state index in [0.717, 1.165) is 17.2 Å². The van der Waals surface area contributed by atoms with Crippen LogP contribution in [0, 0.1) is 18.7 Å². The van der Waals surface area contributed by atoms with Crippen LogP contribution < -0.4 is 16.0 Å². The SMILES string of the molecule is CC[C@@H](C)[C@@H](NC(=O)Nc1ccc(F)c(Cl)c1)C(=O)Nc1nnc(-c2ccc(C)cc2)s1. The highest BCUT2D eigenvalue weighted by Crippen LogP contribution is 2.27. The highest BCUT2D eigenvalue weighted by molar-refractivity contribution is 7.18. The van der Waals surface area contributed by atoms with Gasteiger partial charge in [-0.15, -0.1) is 10.2 Å². The summed E-state index contributed by atoms with van der Waals surface area (Å²) in [4.78, 5) is 25.4. The fraction of sp³-hybridized carbons (Fsp3) is 0.273. The average molecular weight is 476 g/mol. The average Bonchev–Trinajstić information content (AvgIpc) is 3.23. The number of aromatic nitrogens is 2. The molecular formula is C22H23ClFN5O2S. The molecule has 3 rings (SSSR count). The van der Waals surface area contributed by atoms with Crippen molar-refractivity contribution in [2.45, 2.75) is 33.2 Å². The molecule has 0 aliphatic carbocycles. The quantitative estimate of drug-likeness (QED) is 0.421. The van der Waals surface area contributed by atoms with Gasteiger partial charge in [0.15, 0.2) is 0 Å². The van der Waals surface area contributed by atoms with Crippen LogP contribution in [0.5, 0.6) is 0 Å². The van der Waals surface area contributed by atoms with Gasteiger partial charge in [-0.3, -0.25) is 10.1 Å². The first-order valence-corrected chi connectivity index (χ1v) is 11.2. The number of nitrogens with zero attached hydrogens (tertiary/aromatic N) is 2. The Morgan fingerprint density at radius 1 is 1.12 bits per heavy atom. The van der Waals surface area contributed by atoms with Gasteiger partial charge in [-0.25, -0.2) is 9.18 Å². The minimum absolute atomic E-state index is 0.111. The molecule has 168 valence electrons. The summed E-state index contributed by atoms with van der Waals surface area (Å²) in [5, 5.41) is 17.1. The summed E-state index contributed by atoms with van der Waals surface area (Å²) in [6.45, 7) is 5.78. The van der Waals surface area contributed by atoms with Crippen LogP contribution >= 0.6 is 22.9 Å². The van der Waals surface area contributed by atoms with Gasteiger partial charge in [0.2, 0.25) is 11.0 Å². The number of carbonyl (C=O) groups excluding carboxylic acids is 2. The van der Waals surface area contributed by atoms with E-state index in [1.807, 2.05) is 45.0 Å². The molecular weight excluding hydrogens is 453 g/mol. The second-order valence-corrected chi connectivity index (χ2v) is 8.74. The van der Waals surface area contributed by atoms with Crippen molar-refractivity contribution in [2.24, 2.45) is 5.92 Å². The molecule has 0 saturated carbocycles. The third-order valence-corrected chi connectivity index (χ3v) is 6.09. The molecule has 0 saturated heterocycles. The molecule has 0 aliphatic heterocycles. The van der Waals surface area contributed by atoms with Crippen LogP contribution in [-0.2, 0) is 4.79 Å². The summed E-state index contributed by atoms with van der Waals surface area (Å²) in [6.07, 6.45) is 0.658. The number of nitrogens with one attached hydrogen (secondary N) is 3. The zero-order valence-corrected chi connectivity index (χ0v) is 19.4. The van der Waals surface area contributed by atoms with Crippen LogP contribution in [0.25, 0.3) is 10.6 Å². The topological polar surface area (TPSA) is 96.0 Å². The number of aryl methyl sites for hydroxylation is 1. The Labute approximate surface area is 194 Å². The molecule has 0 bridgehead atoms. The number of carbonyl (C=O) groups is 2. The highest BCUT2D eigenvalue weighted by atomic mass is 35.5. The first-order valence-electron chi connectivity index (χ1n) is 10.0. The van der Waals surface area contributed by atoms with Gasteiger partial charge in [-0.05, 0) is 31.0 Å². The lowest BCUT2D eigenvalue weighted by Crippen LogP contribution is -2.49. The van der Waals surface area contributed by atoms with Crippen LogP contribution in [-0.4, -0.2) is 28.2 Å². The predicted molar refractivity (Wildman–Crippen MR) is 126 cm³/mol. The summed E-state index contributed by atoms with van der Waals surface area (Å²) in [6, 6.07) is 10.2. The van der Waals surface area contributed by atoms with Crippen molar-refractivity contribution < 1.29 is 14.0 Å². The second-order valence-electron chi connectivity index (χ2n) is 7.36. The molecule has 0 unspecified atom stereocenters. The van der Waals surface area contributed by atoms with Crippen LogP contribution in [0.2, 0.25) is 5.02 Å². The summed E-state index contributed by atoms with van der Waals surface area (Å²) in [5.74, 6) is -1.14. The summed E-state index contributed by atoms with van der Waals surface area (Å²) in [5.41, 5.74) is 2.35. The largest absolute Gasteiger partial charge is 0.326 e. The van der Waals surface area contributed by atoms with Crippen molar-refractivity contribution in [3.63, 3.8) is 0 Å². The Kier molecular flexibility index (Phi) is 7.76. The van der Waals surface area contributed by atoms with Crippen molar-refractivity contribution in [2.75, 3.05) is 10.6 Å². The Bertz CT molecular complexity index is 1110. The molecule has 0 fully saturated rings. The van der Waals surface area contributed by atoms with E-state index in [-0.39, 0.29) is 10.9 Å². The Morgan fingerprint density at radius 3 is 2.50 bits per heavy atom. The van der Waals surface area contributed by atoms with E-state index < -0.39 is 23.8 Å². The maximum atomic E-state index is 13.3. The molecule has 3 aromatic rings. The number of halogens is 2. The molecule has 3 N–H and O–H groups in total. The molecule has 2 atom stereocenters. The Hall–Kier alpha value is -3.04. The van der Waals surface area contributed by atoms with Crippen molar-refractivity contribution in [3.8, 4) is 10.6 Å². The molecule has 10 heteroatoms. The number of hydrogen-bond acceptors (Lipinski definition) is 5. The fourth-order valence-electron chi connectivity index (χ4n) is 2.85. The van der Waals surface area contributed by atoms with Gasteiger partial charge >= 0.3 is 6.03 Å². The van der Waals surface area contributed by atoms with E-state index in [2.05, 4.69) is 26.1 Å². The Morgan fingerprint density at radius 2 is 1.84 bits per heavy atom. The van der Waals surface area contributed by atoms with E-state index >= 15 is 0 Å². The number of benzene rings is 2. The summed E-state index contributed by atoms with van der Waals surface area (Å²) < 4.78 is 13.3. The van der Waals surface area contributed by atoms with Crippen molar-refractivity contribution in [1.29, 1.82) is 0 Å². The van der Waals surface area contributed by atoms with E-state index in [4.69, 9.17) is 11.6 Å². The first-order chi connectivity index (χ1) is 15.3. The van der Waals surface area contributed by atoms with Crippen molar-refractivity contribution in [1.82, 2.24) is 15.5 Å². The minimum atomic E-state index is -0.817. The molecule has 3 amide bonds. The fourth-order valence-corrected chi connectivity index (χ4v) is 3.79. The standard InChI is InChI=1S/C22H23ClFN5O2S/c1-4-13(3)18(26-21(31)25-15-9-10-17(24)16(23)11-15)19(30)27-22-29-28-20(32-22)14-7-5-12(2)6-8-14/h5-11,13,18H,4H2,1-3H3,(H2,25,26,31)(H,27,29,30)/t13-,18-/m1/s1. The predicted octanol–water partition coefficient (Wildman–Crippen LogP) is 5.48. The van der Waals surface area contributed by atoms with Crippen LogP contribution in [0.3, 0.4) is 0 Å². The second kappa shape index (κ2) is 10.5. The molecule has 2 aromatic carbocycles. The maximum Gasteiger partial charge on any atom is 0.319 e. The molecule has 0 aliphatic rings. The van der Waals surface area contributed by atoms with Gasteiger partial charge in [0, 0.05) is 11.3 Å². The third-order valence-electron chi connectivity index (χ3n) is 4.91. The van der Waals surface area contributed by atoms with Crippen molar-refractivity contribution >= 4 is 45.7 Å². The third kappa shape index (κ3) is 6.02. The maximum absolute atomic E-state index is 13.3. The lowest BCUT2D eigenvalue weighted by Gasteiger charge is -2.23. The molecule has 32 heavy (non-hydrogen) atoms. The van der Waals surface area contributed by atoms with Crippen LogP contribution in [0.15, 0.2) is 42.5 Å². The molecule has 7 nitrogen and oxygen atoms in total. The Balaban J connectivity index is 1.67. The lowest BCUT2D eigenvalue weighted by atomic mass is 9.98. The van der Waals surface area contributed by atoms with E-state index in [9.17, 15) is 14.0 Å². The molecule has 0 spiro atoms. The highest BCUT2D eigenvalue weighted by Gasteiger charge is 2.27. The summed E-state index contributed by atoms with van der Waals surface area (Å²) >= 11 is 7.00. The van der Waals surface area contributed by atoms with Crippen molar-refractivity contribution in [3.05, 3.63) is 58.9 Å². The van der Waals surface area contributed by atoms with Gasteiger partial charge in [-0.1, -0.05) is 73.0 Å². The zero-order chi connectivity index (χ0) is 23.3. The zero-order valence-electron chi connectivity index (χ0n) is 17.8. The van der Waals surface area contributed by atoms with Gasteiger partial charge in [-0.2, -0.15) is 0 Å². The van der Waals surface area contributed by atoms with Gasteiger partial charge < -0.3 is 10.6 Å². The number of urea groups is 1. The molecule has 1 heterocycles. The first kappa shape index (κ1) is 23.6. The van der Waals surface area contributed by atoms with E-state index in [1.54, 1.807) is 0 Å². The number of rotatable bonds is 7. The van der Waals surface area contributed by atoms with E-state index in [0.29, 0.717) is 22.2 Å². The van der Waals surface area contributed by atoms with Crippen LogP contribution in [0.1, 0.15) is 25.8 Å². The monoisotopic (exact) mass is 475 g/mol. The smallest absolute Gasteiger partial charge is 0.319 e. The van der Waals surface area contributed by atoms with Gasteiger partial charge in [0.05, 0.1) is 5.02 Å². The number of hydrogen-bond donors (Lipinski definition) is 3. The number of anilines is 2. The normalized spacial score (nSPS) is 12.7. The van der Waals surface area contributed by atoms with Gasteiger partial charge in [0.1, 0.15) is 16.9 Å². The lowest BCUT2D eigenvalue weighted by molar-refractivity contribution is -0.119.